The predicted molar refractivity (Wildman–Crippen MR) is 98.5 cm³/mol. The molecule has 1 aliphatic rings. The molecule has 1 amide bonds. The third-order valence-corrected chi connectivity index (χ3v) is 4.77. The topological polar surface area (TPSA) is 85.5 Å². The maximum absolute atomic E-state index is 13.9. The summed E-state index contributed by atoms with van der Waals surface area (Å²) in [5.41, 5.74) is -0.906. The Morgan fingerprint density at radius 1 is 1.36 bits per heavy atom. The van der Waals surface area contributed by atoms with Gasteiger partial charge in [0, 0.05) is 26.4 Å². The van der Waals surface area contributed by atoms with Crippen molar-refractivity contribution < 1.29 is 23.2 Å². The number of hydrogen-bond acceptors (Lipinski definition) is 6. The van der Waals surface area contributed by atoms with Crippen LogP contribution in [0.1, 0.15) is 39.5 Å². The number of piperidine rings is 1. The van der Waals surface area contributed by atoms with E-state index in [0.29, 0.717) is 31.0 Å². The van der Waals surface area contributed by atoms with Gasteiger partial charge in [-0.3, -0.25) is 9.59 Å². The van der Waals surface area contributed by atoms with Crippen molar-refractivity contribution in [1.29, 1.82) is 0 Å². The van der Waals surface area contributed by atoms with Crippen LogP contribution in [0, 0.1) is 11.7 Å². The van der Waals surface area contributed by atoms with Crippen LogP contribution in [0.25, 0.3) is 11.4 Å². The summed E-state index contributed by atoms with van der Waals surface area (Å²) in [5.74, 6) is -0.343. The van der Waals surface area contributed by atoms with Crippen molar-refractivity contribution in [2.75, 3.05) is 13.1 Å². The van der Waals surface area contributed by atoms with E-state index in [1.54, 1.807) is 36.9 Å². The molecule has 8 heteroatoms. The molecule has 1 aromatic heterocycles. The Morgan fingerprint density at radius 2 is 2.11 bits per heavy atom. The van der Waals surface area contributed by atoms with Crippen LogP contribution in [-0.4, -0.2) is 45.6 Å². The Morgan fingerprint density at radius 3 is 2.82 bits per heavy atom. The molecule has 7 nitrogen and oxygen atoms in total. The number of hydrogen-bond donors (Lipinski definition) is 0. The second-order valence-electron chi connectivity index (χ2n) is 7.56. The Hall–Kier alpha value is -2.77. The first-order valence-electron chi connectivity index (χ1n) is 9.32. The zero-order valence-corrected chi connectivity index (χ0v) is 16.3. The predicted octanol–water partition coefficient (Wildman–Crippen LogP) is 3.00. The van der Waals surface area contributed by atoms with E-state index >= 15 is 0 Å². The van der Waals surface area contributed by atoms with Crippen LogP contribution in [0.15, 0.2) is 28.8 Å². The van der Waals surface area contributed by atoms with Crippen LogP contribution >= 0.6 is 0 Å². The molecule has 0 spiro atoms. The Labute approximate surface area is 162 Å². The van der Waals surface area contributed by atoms with Gasteiger partial charge in [0.15, 0.2) is 5.60 Å². The Bertz CT molecular complexity index is 865. The number of rotatable bonds is 5. The third-order valence-electron chi connectivity index (χ3n) is 4.77. The number of nitrogens with zero attached hydrogens (tertiary/aromatic N) is 3. The highest BCUT2D eigenvalue weighted by molar-refractivity contribution is 5.86. The number of likely N-dealkylation sites (tertiary alicyclic amines) is 1. The van der Waals surface area contributed by atoms with Crippen LogP contribution in [0.4, 0.5) is 4.39 Å². The van der Waals surface area contributed by atoms with Crippen molar-refractivity contribution in [2.45, 2.75) is 45.6 Å². The first-order valence-corrected chi connectivity index (χ1v) is 9.32. The number of aromatic nitrogens is 2. The number of esters is 1. The maximum Gasteiger partial charge on any atom is 0.303 e. The van der Waals surface area contributed by atoms with E-state index in [4.69, 9.17) is 9.26 Å². The average molecular weight is 389 g/mol. The van der Waals surface area contributed by atoms with E-state index in [-0.39, 0.29) is 17.6 Å². The SMILES string of the molecule is CC(=O)OC(C)(C)C(=O)N1CCC[C@@H](Cc2nc(-c3ccccc3F)no2)C1. The highest BCUT2D eigenvalue weighted by atomic mass is 19.1. The Kier molecular flexibility index (Phi) is 5.76. The summed E-state index contributed by atoms with van der Waals surface area (Å²) in [6.07, 6.45) is 2.25. The van der Waals surface area contributed by atoms with E-state index < -0.39 is 17.4 Å². The third kappa shape index (κ3) is 4.55. The van der Waals surface area contributed by atoms with Gasteiger partial charge in [-0.2, -0.15) is 4.98 Å². The number of amides is 1. The molecule has 28 heavy (non-hydrogen) atoms. The zero-order chi connectivity index (χ0) is 20.3. The van der Waals surface area contributed by atoms with Crippen LogP contribution in [0.3, 0.4) is 0 Å². The molecule has 0 bridgehead atoms. The molecule has 1 fully saturated rings. The number of carbonyl (C=O) groups excluding carboxylic acids is 2. The first kappa shape index (κ1) is 20.0. The minimum atomic E-state index is -1.20. The fraction of sp³-hybridized carbons (Fsp3) is 0.500. The first-order chi connectivity index (χ1) is 13.3. The number of ether oxygens (including phenoxy) is 1. The van der Waals surface area contributed by atoms with Crippen LogP contribution in [0.5, 0.6) is 0 Å². The van der Waals surface area contributed by atoms with Gasteiger partial charge >= 0.3 is 5.97 Å². The highest BCUT2D eigenvalue weighted by Crippen LogP contribution is 2.25. The largest absolute Gasteiger partial charge is 0.450 e. The second kappa shape index (κ2) is 8.08. The number of carbonyl (C=O) groups is 2. The van der Waals surface area contributed by atoms with Crippen LogP contribution < -0.4 is 0 Å². The monoisotopic (exact) mass is 389 g/mol. The standard InChI is InChI=1S/C20H24FN3O4/c1-13(25)27-20(2,3)19(26)24-10-6-7-14(12-24)11-17-22-18(23-28-17)15-8-4-5-9-16(15)21/h4-5,8-9,14H,6-7,10-12H2,1-3H3/t14-/m0/s1. The van der Waals surface area contributed by atoms with E-state index in [9.17, 15) is 14.0 Å². The molecule has 1 aromatic carbocycles. The lowest BCUT2D eigenvalue weighted by Crippen LogP contribution is -2.51. The van der Waals surface area contributed by atoms with Crippen molar-refractivity contribution in [3.63, 3.8) is 0 Å². The van der Waals surface area contributed by atoms with Crippen molar-refractivity contribution in [1.82, 2.24) is 15.0 Å². The molecule has 1 aliphatic heterocycles. The lowest BCUT2D eigenvalue weighted by molar-refractivity contribution is -0.169. The van der Waals surface area contributed by atoms with Crippen LogP contribution in [0.2, 0.25) is 0 Å². The molecule has 0 radical (unpaired) electrons. The van der Waals surface area contributed by atoms with Crippen LogP contribution in [-0.2, 0) is 20.7 Å². The minimum Gasteiger partial charge on any atom is -0.450 e. The maximum atomic E-state index is 13.9. The molecule has 1 atom stereocenters. The van der Waals surface area contributed by atoms with Gasteiger partial charge in [0.05, 0.1) is 5.56 Å². The lowest BCUT2D eigenvalue weighted by Gasteiger charge is -2.36. The molecule has 0 N–H and O–H groups in total. The van der Waals surface area contributed by atoms with Gasteiger partial charge < -0.3 is 14.2 Å². The molecule has 0 unspecified atom stereocenters. The fourth-order valence-electron chi connectivity index (χ4n) is 3.54. The summed E-state index contributed by atoms with van der Waals surface area (Å²) < 4.78 is 24.3. The summed E-state index contributed by atoms with van der Waals surface area (Å²) in [5, 5.41) is 3.87. The van der Waals surface area contributed by atoms with E-state index in [2.05, 4.69) is 10.1 Å². The molecule has 1 saturated heterocycles. The highest BCUT2D eigenvalue weighted by Gasteiger charge is 2.37. The molecule has 0 saturated carbocycles. The summed E-state index contributed by atoms with van der Waals surface area (Å²) in [7, 11) is 0. The van der Waals surface area contributed by atoms with Crippen molar-refractivity contribution >= 4 is 11.9 Å². The molecule has 150 valence electrons. The molecular weight excluding hydrogens is 365 g/mol. The van der Waals surface area contributed by atoms with Gasteiger partial charge in [-0.1, -0.05) is 17.3 Å². The quantitative estimate of drug-likeness (QED) is 0.731. The van der Waals surface area contributed by atoms with Crippen molar-refractivity contribution in [2.24, 2.45) is 5.92 Å². The minimum absolute atomic E-state index is 0.139. The normalized spacial score (nSPS) is 17.4. The Balaban J connectivity index is 1.65. The van der Waals surface area contributed by atoms with Gasteiger partial charge in [-0.25, -0.2) is 4.39 Å². The molecule has 2 heterocycles. The summed E-state index contributed by atoms with van der Waals surface area (Å²) >= 11 is 0. The van der Waals surface area contributed by atoms with Crippen molar-refractivity contribution in [3.8, 4) is 11.4 Å². The smallest absolute Gasteiger partial charge is 0.303 e. The van der Waals surface area contributed by atoms with E-state index in [1.807, 2.05) is 0 Å². The van der Waals surface area contributed by atoms with Crippen molar-refractivity contribution in [3.05, 3.63) is 36.0 Å². The fourth-order valence-corrected chi connectivity index (χ4v) is 3.54. The van der Waals surface area contributed by atoms with E-state index in [0.717, 1.165) is 12.8 Å². The zero-order valence-electron chi connectivity index (χ0n) is 16.3. The molecular formula is C20H24FN3O4. The molecule has 0 aliphatic carbocycles. The van der Waals surface area contributed by atoms with Gasteiger partial charge in [0.1, 0.15) is 5.82 Å². The lowest BCUT2D eigenvalue weighted by atomic mass is 9.93. The van der Waals surface area contributed by atoms with Gasteiger partial charge in [0.2, 0.25) is 11.7 Å². The van der Waals surface area contributed by atoms with E-state index in [1.165, 1.54) is 13.0 Å². The summed E-state index contributed by atoms with van der Waals surface area (Å²) in [6, 6.07) is 6.26. The summed E-state index contributed by atoms with van der Waals surface area (Å²) in [6.45, 7) is 5.61. The van der Waals surface area contributed by atoms with Gasteiger partial charge in [-0.05, 0) is 44.7 Å². The second-order valence-corrected chi connectivity index (χ2v) is 7.56. The average Bonchev–Trinajstić information content (AvgIpc) is 3.09. The summed E-state index contributed by atoms with van der Waals surface area (Å²) in [4.78, 5) is 30.0. The molecule has 2 aromatic rings. The molecule has 3 rings (SSSR count). The van der Waals surface area contributed by atoms with Gasteiger partial charge in [0.25, 0.3) is 5.91 Å². The number of halogens is 1. The number of benzene rings is 1. The van der Waals surface area contributed by atoms with Gasteiger partial charge in [-0.15, -0.1) is 0 Å².